The van der Waals surface area contributed by atoms with Crippen LogP contribution in [0.25, 0.3) is 0 Å². The fourth-order valence-corrected chi connectivity index (χ4v) is 3.77. The molecular formula is C20H26ClF2N5O. The number of likely N-dealkylation sites (tertiary alicyclic amines) is 1. The molecule has 0 radical (unpaired) electrons. The Labute approximate surface area is 174 Å². The molecule has 1 saturated heterocycles. The Kier molecular flexibility index (Phi) is 7.30. The lowest BCUT2D eigenvalue weighted by Gasteiger charge is -2.22. The number of nitrogens with one attached hydrogen (secondary N) is 1. The Morgan fingerprint density at radius 3 is 2.97 bits per heavy atom. The Balaban J connectivity index is 1.68. The molecule has 0 bridgehead atoms. The molecule has 1 atom stereocenters. The molecule has 0 saturated carbocycles. The lowest BCUT2D eigenvalue weighted by atomic mass is 10.0. The van der Waals surface area contributed by atoms with Crippen molar-refractivity contribution >= 4 is 17.6 Å². The summed E-state index contributed by atoms with van der Waals surface area (Å²) in [5, 5.41) is 7.99. The van der Waals surface area contributed by atoms with Crippen LogP contribution in [0.2, 0.25) is 5.02 Å². The van der Waals surface area contributed by atoms with Crippen LogP contribution in [0.5, 0.6) is 5.75 Å². The highest BCUT2D eigenvalue weighted by Crippen LogP contribution is 2.26. The number of halogens is 3. The number of hydrogen-bond acceptors (Lipinski definition) is 3. The number of hydrogen-bond donors (Lipinski definition) is 1. The van der Waals surface area contributed by atoms with Crippen molar-refractivity contribution in [2.75, 3.05) is 19.6 Å². The van der Waals surface area contributed by atoms with Crippen molar-refractivity contribution in [1.29, 1.82) is 0 Å². The van der Waals surface area contributed by atoms with Gasteiger partial charge in [0.15, 0.2) is 5.96 Å². The molecule has 3 rings (SSSR count). The van der Waals surface area contributed by atoms with E-state index < -0.39 is 6.61 Å². The van der Waals surface area contributed by atoms with Crippen molar-refractivity contribution in [1.82, 2.24) is 20.0 Å². The molecule has 1 fully saturated rings. The molecule has 1 unspecified atom stereocenters. The number of guanidine groups is 1. The summed E-state index contributed by atoms with van der Waals surface area (Å²) in [4.78, 5) is 6.86. The van der Waals surface area contributed by atoms with Crippen LogP contribution in [0.15, 0.2) is 35.6 Å². The lowest BCUT2D eigenvalue weighted by molar-refractivity contribution is -0.0504. The van der Waals surface area contributed by atoms with Gasteiger partial charge in [-0.05, 0) is 49.4 Å². The quantitative estimate of drug-likeness (QED) is 0.542. The molecule has 2 aromatic rings. The first-order valence-electron chi connectivity index (χ1n) is 9.68. The van der Waals surface area contributed by atoms with Gasteiger partial charge in [0.25, 0.3) is 0 Å². The summed E-state index contributed by atoms with van der Waals surface area (Å²) in [5.41, 5.74) is 1.76. The predicted octanol–water partition coefficient (Wildman–Crippen LogP) is 3.71. The summed E-state index contributed by atoms with van der Waals surface area (Å²) < 4.78 is 31.8. The minimum absolute atomic E-state index is 0.0971. The zero-order chi connectivity index (χ0) is 20.8. The maximum absolute atomic E-state index is 12.7. The van der Waals surface area contributed by atoms with E-state index >= 15 is 0 Å². The highest BCUT2D eigenvalue weighted by atomic mass is 35.5. The van der Waals surface area contributed by atoms with E-state index in [9.17, 15) is 8.78 Å². The molecule has 158 valence electrons. The number of aliphatic imine (C=N–C) groups is 1. The third-order valence-electron chi connectivity index (χ3n) is 4.84. The van der Waals surface area contributed by atoms with E-state index in [2.05, 4.69) is 25.0 Å². The van der Waals surface area contributed by atoms with Crippen LogP contribution in [0.3, 0.4) is 0 Å². The molecule has 6 nitrogen and oxygen atoms in total. The number of aryl methyl sites for hydroxylation is 1. The molecule has 1 aromatic heterocycles. The first-order valence-corrected chi connectivity index (χ1v) is 10.1. The molecule has 29 heavy (non-hydrogen) atoms. The van der Waals surface area contributed by atoms with Crippen LogP contribution >= 0.6 is 11.6 Å². The second-order valence-corrected chi connectivity index (χ2v) is 7.56. The van der Waals surface area contributed by atoms with E-state index in [1.807, 2.05) is 31.0 Å². The van der Waals surface area contributed by atoms with Crippen molar-refractivity contribution < 1.29 is 13.5 Å². The molecule has 9 heteroatoms. The summed E-state index contributed by atoms with van der Waals surface area (Å²) in [6.07, 6.45) is 6.00. The largest absolute Gasteiger partial charge is 0.434 e. The first-order chi connectivity index (χ1) is 13.9. The Hall–Kier alpha value is -2.35. The maximum Gasteiger partial charge on any atom is 0.387 e. The lowest BCUT2D eigenvalue weighted by Crippen LogP contribution is -2.40. The molecular weight excluding hydrogens is 400 g/mol. The summed E-state index contributed by atoms with van der Waals surface area (Å²) in [6, 6.07) is 4.59. The van der Waals surface area contributed by atoms with E-state index in [1.165, 1.54) is 17.7 Å². The average molecular weight is 426 g/mol. The number of rotatable bonds is 7. The van der Waals surface area contributed by atoms with Crippen LogP contribution in [-0.4, -0.2) is 46.9 Å². The monoisotopic (exact) mass is 425 g/mol. The van der Waals surface area contributed by atoms with Crippen LogP contribution in [0.4, 0.5) is 8.78 Å². The SMILES string of the molecule is CCNC(=NCc1cc(Cl)ccc1OC(F)F)N1CCC(Cc2cnn(C)c2)C1. The van der Waals surface area contributed by atoms with Crippen LogP contribution in [-0.2, 0) is 20.0 Å². The first kappa shape index (κ1) is 21.4. The van der Waals surface area contributed by atoms with E-state index in [1.54, 1.807) is 6.07 Å². The smallest absolute Gasteiger partial charge is 0.387 e. The zero-order valence-corrected chi connectivity index (χ0v) is 17.4. The van der Waals surface area contributed by atoms with Gasteiger partial charge >= 0.3 is 6.61 Å². The third-order valence-corrected chi connectivity index (χ3v) is 5.08. The normalized spacial score (nSPS) is 17.2. The van der Waals surface area contributed by atoms with Crippen LogP contribution in [0, 0.1) is 5.92 Å². The fraction of sp³-hybridized carbons (Fsp3) is 0.500. The van der Waals surface area contributed by atoms with Crippen molar-refractivity contribution in [3.8, 4) is 5.75 Å². The van der Waals surface area contributed by atoms with Crippen LogP contribution < -0.4 is 10.1 Å². The number of nitrogens with zero attached hydrogens (tertiary/aromatic N) is 4. The molecule has 1 aliphatic heterocycles. The van der Waals surface area contributed by atoms with Crippen molar-refractivity contribution in [2.45, 2.75) is 32.9 Å². The Morgan fingerprint density at radius 1 is 1.45 bits per heavy atom. The second kappa shape index (κ2) is 9.91. The van der Waals surface area contributed by atoms with Gasteiger partial charge in [0.2, 0.25) is 0 Å². The van der Waals surface area contributed by atoms with Gasteiger partial charge < -0.3 is 15.0 Å². The molecule has 0 amide bonds. The second-order valence-electron chi connectivity index (χ2n) is 7.13. The van der Waals surface area contributed by atoms with E-state index in [0.29, 0.717) is 16.5 Å². The minimum atomic E-state index is -2.89. The summed E-state index contributed by atoms with van der Waals surface area (Å²) in [6.45, 7) is 1.82. The number of ether oxygens (including phenoxy) is 1. The summed E-state index contributed by atoms with van der Waals surface area (Å²) in [5.74, 6) is 1.39. The maximum atomic E-state index is 12.7. The van der Waals surface area contributed by atoms with Crippen molar-refractivity contribution in [3.05, 3.63) is 46.7 Å². The van der Waals surface area contributed by atoms with Gasteiger partial charge in [-0.2, -0.15) is 13.9 Å². The number of aromatic nitrogens is 2. The van der Waals surface area contributed by atoms with Gasteiger partial charge in [-0.25, -0.2) is 4.99 Å². The molecule has 1 aromatic carbocycles. The van der Waals surface area contributed by atoms with Gasteiger partial charge in [-0.3, -0.25) is 4.68 Å². The Morgan fingerprint density at radius 2 is 2.28 bits per heavy atom. The number of benzene rings is 1. The summed E-state index contributed by atoms with van der Waals surface area (Å²) in [7, 11) is 1.92. The molecule has 1 N–H and O–H groups in total. The van der Waals surface area contributed by atoms with E-state index in [0.717, 1.165) is 38.4 Å². The van der Waals surface area contributed by atoms with Gasteiger partial charge in [0.05, 0.1) is 12.7 Å². The minimum Gasteiger partial charge on any atom is -0.434 e. The molecule has 0 aliphatic carbocycles. The van der Waals surface area contributed by atoms with Gasteiger partial charge in [-0.1, -0.05) is 11.6 Å². The molecule has 2 heterocycles. The van der Waals surface area contributed by atoms with Crippen LogP contribution in [0.1, 0.15) is 24.5 Å². The average Bonchev–Trinajstić information content (AvgIpc) is 3.29. The van der Waals surface area contributed by atoms with E-state index in [-0.39, 0.29) is 12.3 Å². The van der Waals surface area contributed by atoms with Gasteiger partial charge in [0.1, 0.15) is 5.75 Å². The van der Waals surface area contributed by atoms with Crippen molar-refractivity contribution in [3.63, 3.8) is 0 Å². The van der Waals surface area contributed by atoms with Gasteiger partial charge in [-0.15, -0.1) is 0 Å². The fourth-order valence-electron chi connectivity index (χ4n) is 3.57. The predicted molar refractivity (Wildman–Crippen MR) is 109 cm³/mol. The van der Waals surface area contributed by atoms with E-state index in [4.69, 9.17) is 11.6 Å². The Bertz CT molecular complexity index is 842. The zero-order valence-electron chi connectivity index (χ0n) is 16.6. The topological polar surface area (TPSA) is 54.7 Å². The number of alkyl halides is 2. The summed E-state index contributed by atoms with van der Waals surface area (Å²) >= 11 is 6.03. The molecule has 1 aliphatic rings. The van der Waals surface area contributed by atoms with Crippen molar-refractivity contribution in [2.24, 2.45) is 18.0 Å². The standard InChI is InChI=1S/C20H26ClF2N5O/c1-3-24-20(25-11-16-9-17(21)4-5-18(16)29-19(22)23)28-7-6-14(13-28)8-15-10-26-27(2)12-15/h4-5,9-10,12,14,19H,3,6-8,11,13H2,1-2H3,(H,24,25). The highest BCUT2D eigenvalue weighted by Gasteiger charge is 2.25. The third kappa shape index (κ3) is 6.06. The molecule has 0 spiro atoms. The highest BCUT2D eigenvalue weighted by molar-refractivity contribution is 6.30. The van der Waals surface area contributed by atoms with Gasteiger partial charge in [0, 0.05) is 43.5 Å².